The molecule has 0 aromatic carbocycles. The normalized spacial score (nSPS) is 10.9. The maximum Gasteiger partial charge on any atom is 0.152 e. The molecule has 0 N–H and O–H groups in total. The van der Waals surface area contributed by atoms with Gasteiger partial charge < -0.3 is 4.74 Å². The highest BCUT2D eigenvalue weighted by atomic mass is 79.9. The Bertz CT molecular complexity index is 523. The van der Waals surface area contributed by atoms with Crippen LogP contribution in [0, 0.1) is 0 Å². The summed E-state index contributed by atoms with van der Waals surface area (Å²) in [7, 11) is 0. The minimum Gasteiger partial charge on any atom is -0.484 e. The van der Waals surface area contributed by atoms with E-state index in [0.29, 0.717) is 12.6 Å². The summed E-state index contributed by atoms with van der Waals surface area (Å²) in [4.78, 5) is 4.12. The Morgan fingerprint density at radius 2 is 2.11 bits per heavy atom. The molecule has 102 valence electrons. The van der Waals surface area contributed by atoms with E-state index >= 15 is 0 Å². The molecule has 0 unspecified atom stereocenters. The lowest BCUT2D eigenvalue weighted by atomic mass is 10.2. The van der Waals surface area contributed by atoms with Gasteiger partial charge in [0.1, 0.15) is 11.2 Å². The Balaban J connectivity index is 1.99. The van der Waals surface area contributed by atoms with E-state index in [1.807, 2.05) is 29.1 Å². The van der Waals surface area contributed by atoms with E-state index in [0.717, 1.165) is 28.9 Å². The van der Waals surface area contributed by atoms with E-state index in [9.17, 15) is 0 Å². The van der Waals surface area contributed by atoms with Crippen molar-refractivity contribution in [1.82, 2.24) is 14.8 Å². The van der Waals surface area contributed by atoms with Gasteiger partial charge in [0.2, 0.25) is 0 Å². The highest BCUT2D eigenvalue weighted by molar-refractivity contribution is 9.10. The van der Waals surface area contributed by atoms with Crippen molar-refractivity contribution in [2.24, 2.45) is 0 Å². The van der Waals surface area contributed by atoms with Crippen LogP contribution in [0.1, 0.15) is 38.4 Å². The van der Waals surface area contributed by atoms with Crippen LogP contribution in [0.5, 0.6) is 5.75 Å². The third kappa shape index (κ3) is 3.56. The van der Waals surface area contributed by atoms with Crippen LogP contribution in [0.15, 0.2) is 35.2 Å². The second-order valence-corrected chi connectivity index (χ2v) is 5.09. The van der Waals surface area contributed by atoms with Crippen LogP contribution in [-0.2, 0) is 6.61 Å². The van der Waals surface area contributed by atoms with Crippen molar-refractivity contribution in [3.05, 3.63) is 40.9 Å². The topological polar surface area (TPSA) is 39.9 Å². The molecular formula is C14H18BrN3O. The summed E-state index contributed by atoms with van der Waals surface area (Å²) in [6, 6.07) is 6.21. The first-order valence-electron chi connectivity index (χ1n) is 6.52. The van der Waals surface area contributed by atoms with Gasteiger partial charge in [-0.1, -0.05) is 13.8 Å². The third-order valence-corrected chi connectivity index (χ3v) is 3.68. The summed E-state index contributed by atoms with van der Waals surface area (Å²) in [5, 5.41) is 4.55. The lowest BCUT2D eigenvalue weighted by Gasteiger charge is -2.12. The molecule has 5 heteroatoms. The Morgan fingerprint density at radius 1 is 1.32 bits per heavy atom. The summed E-state index contributed by atoms with van der Waals surface area (Å²) in [5.41, 5.74) is 0.933. The van der Waals surface area contributed by atoms with Crippen molar-refractivity contribution in [3.63, 3.8) is 0 Å². The van der Waals surface area contributed by atoms with Gasteiger partial charge in [-0.2, -0.15) is 5.10 Å². The summed E-state index contributed by atoms with van der Waals surface area (Å²) >= 11 is 3.36. The number of rotatable bonds is 6. The van der Waals surface area contributed by atoms with Gasteiger partial charge in [-0.05, 0) is 47.0 Å². The summed E-state index contributed by atoms with van der Waals surface area (Å²) < 4.78 is 8.44. The quantitative estimate of drug-likeness (QED) is 0.755. The molecule has 19 heavy (non-hydrogen) atoms. The van der Waals surface area contributed by atoms with E-state index in [2.05, 4.69) is 39.9 Å². The molecule has 0 bridgehead atoms. The largest absolute Gasteiger partial charge is 0.484 e. The number of aromatic nitrogens is 3. The fourth-order valence-corrected chi connectivity index (χ4v) is 2.32. The molecule has 0 atom stereocenters. The SMILES string of the molecule is CCC(CC)n1ccc(COc2cccnc2Br)n1. The average Bonchev–Trinajstić information content (AvgIpc) is 2.88. The Morgan fingerprint density at radius 3 is 2.79 bits per heavy atom. The first kappa shape index (κ1) is 14.1. The predicted molar refractivity (Wildman–Crippen MR) is 78.1 cm³/mol. The summed E-state index contributed by atoms with van der Waals surface area (Å²) in [6.45, 7) is 4.81. The van der Waals surface area contributed by atoms with Crippen molar-refractivity contribution in [2.75, 3.05) is 0 Å². The lowest BCUT2D eigenvalue weighted by Crippen LogP contribution is -2.08. The Labute approximate surface area is 121 Å². The molecule has 0 saturated carbocycles. The fourth-order valence-electron chi connectivity index (χ4n) is 1.95. The van der Waals surface area contributed by atoms with Crippen LogP contribution in [-0.4, -0.2) is 14.8 Å². The van der Waals surface area contributed by atoms with E-state index < -0.39 is 0 Å². The van der Waals surface area contributed by atoms with E-state index in [1.54, 1.807) is 6.20 Å². The average molecular weight is 324 g/mol. The highest BCUT2D eigenvalue weighted by Crippen LogP contribution is 2.22. The maximum atomic E-state index is 5.70. The standard InChI is InChI=1S/C14H18BrN3O/c1-3-12(4-2)18-9-7-11(17-18)10-19-13-6-5-8-16-14(13)15/h5-9,12H,3-4,10H2,1-2H3. The molecule has 0 aliphatic rings. The van der Waals surface area contributed by atoms with Crippen LogP contribution in [0.4, 0.5) is 0 Å². The fraction of sp³-hybridized carbons (Fsp3) is 0.429. The van der Waals surface area contributed by atoms with Crippen molar-refractivity contribution >= 4 is 15.9 Å². The molecule has 2 aromatic heterocycles. The number of pyridine rings is 1. The van der Waals surface area contributed by atoms with Crippen LogP contribution >= 0.6 is 15.9 Å². The highest BCUT2D eigenvalue weighted by Gasteiger charge is 2.08. The van der Waals surface area contributed by atoms with Gasteiger partial charge >= 0.3 is 0 Å². The molecule has 0 fully saturated rings. The van der Waals surface area contributed by atoms with Gasteiger partial charge in [0.25, 0.3) is 0 Å². The molecule has 0 amide bonds. The zero-order valence-corrected chi connectivity index (χ0v) is 12.8. The van der Waals surface area contributed by atoms with Crippen LogP contribution in [0.2, 0.25) is 0 Å². The van der Waals surface area contributed by atoms with Gasteiger partial charge in [0, 0.05) is 12.4 Å². The Kier molecular flexibility index (Phi) is 4.96. The molecule has 4 nitrogen and oxygen atoms in total. The molecule has 2 rings (SSSR count). The molecule has 0 saturated heterocycles. The first-order chi connectivity index (χ1) is 9.24. The van der Waals surface area contributed by atoms with Crippen LogP contribution < -0.4 is 4.74 Å². The molecular weight excluding hydrogens is 306 g/mol. The van der Waals surface area contributed by atoms with Crippen LogP contribution in [0.25, 0.3) is 0 Å². The monoisotopic (exact) mass is 323 g/mol. The smallest absolute Gasteiger partial charge is 0.152 e. The molecule has 2 heterocycles. The molecule has 2 aromatic rings. The van der Waals surface area contributed by atoms with Crippen LogP contribution in [0.3, 0.4) is 0 Å². The minimum atomic E-state index is 0.456. The first-order valence-corrected chi connectivity index (χ1v) is 7.31. The summed E-state index contributed by atoms with van der Waals surface area (Å²) in [5.74, 6) is 0.736. The molecule has 0 spiro atoms. The predicted octanol–water partition coefficient (Wildman–Crippen LogP) is 3.98. The maximum absolute atomic E-state index is 5.70. The van der Waals surface area contributed by atoms with Crippen molar-refractivity contribution < 1.29 is 4.74 Å². The number of hydrogen-bond donors (Lipinski definition) is 0. The zero-order chi connectivity index (χ0) is 13.7. The minimum absolute atomic E-state index is 0.456. The third-order valence-electron chi connectivity index (χ3n) is 3.08. The van der Waals surface area contributed by atoms with Gasteiger partial charge in [0.15, 0.2) is 5.75 Å². The zero-order valence-electron chi connectivity index (χ0n) is 11.2. The van der Waals surface area contributed by atoms with E-state index in [-0.39, 0.29) is 0 Å². The number of halogens is 1. The number of ether oxygens (including phenoxy) is 1. The number of hydrogen-bond acceptors (Lipinski definition) is 3. The molecule has 0 radical (unpaired) electrons. The van der Waals surface area contributed by atoms with Gasteiger partial charge in [0.05, 0.1) is 11.7 Å². The van der Waals surface area contributed by atoms with E-state index in [1.165, 1.54) is 0 Å². The van der Waals surface area contributed by atoms with Crippen molar-refractivity contribution in [1.29, 1.82) is 0 Å². The number of nitrogens with zero attached hydrogens (tertiary/aromatic N) is 3. The van der Waals surface area contributed by atoms with Gasteiger partial charge in [-0.15, -0.1) is 0 Å². The van der Waals surface area contributed by atoms with Gasteiger partial charge in [-0.25, -0.2) is 4.98 Å². The lowest BCUT2D eigenvalue weighted by molar-refractivity contribution is 0.294. The molecule has 0 aliphatic heterocycles. The second-order valence-electron chi connectivity index (χ2n) is 4.34. The van der Waals surface area contributed by atoms with Crippen molar-refractivity contribution in [3.8, 4) is 5.75 Å². The second kappa shape index (κ2) is 6.70. The van der Waals surface area contributed by atoms with E-state index in [4.69, 9.17) is 4.74 Å². The Hall–Kier alpha value is -1.36. The molecule has 0 aliphatic carbocycles. The van der Waals surface area contributed by atoms with Gasteiger partial charge in [-0.3, -0.25) is 4.68 Å². The summed E-state index contributed by atoms with van der Waals surface area (Å²) in [6.07, 6.45) is 5.92. The van der Waals surface area contributed by atoms with Crippen molar-refractivity contribution in [2.45, 2.75) is 39.3 Å².